The minimum atomic E-state index is -0.244. The Morgan fingerprint density at radius 3 is 2.63 bits per heavy atom. The van der Waals surface area contributed by atoms with Gasteiger partial charge < -0.3 is 9.73 Å². The summed E-state index contributed by atoms with van der Waals surface area (Å²) >= 11 is 1.31. The molecule has 3 heterocycles. The first-order valence-electron chi connectivity index (χ1n) is 11.2. The Balaban J connectivity index is 1.37. The van der Waals surface area contributed by atoms with Gasteiger partial charge in [-0.1, -0.05) is 39.0 Å². The molecule has 0 aliphatic rings. The van der Waals surface area contributed by atoms with Gasteiger partial charge in [0.25, 0.3) is 5.91 Å². The third-order valence-electron chi connectivity index (χ3n) is 5.43. The Hall–Kier alpha value is -3.98. The number of amides is 1. The molecule has 8 nitrogen and oxygen atoms in total. The minimum absolute atomic E-state index is 0.224. The number of fused-ring (bicyclic) bond motifs is 1. The van der Waals surface area contributed by atoms with E-state index in [1.807, 2.05) is 76.2 Å². The van der Waals surface area contributed by atoms with Gasteiger partial charge in [0.15, 0.2) is 0 Å². The average molecular weight is 485 g/mol. The molecule has 35 heavy (non-hydrogen) atoms. The fourth-order valence-electron chi connectivity index (χ4n) is 3.64. The summed E-state index contributed by atoms with van der Waals surface area (Å²) in [4.78, 5) is 23.3. The number of aryl methyl sites for hydroxylation is 1. The van der Waals surface area contributed by atoms with Crippen LogP contribution in [0.4, 0.5) is 5.69 Å². The second-order valence-corrected chi connectivity index (χ2v) is 10.1. The van der Waals surface area contributed by atoms with Crippen LogP contribution >= 0.6 is 11.5 Å². The highest BCUT2D eigenvalue weighted by atomic mass is 32.1. The molecule has 0 bridgehead atoms. The molecule has 176 valence electrons. The van der Waals surface area contributed by atoms with E-state index in [0.29, 0.717) is 35.1 Å². The average Bonchev–Trinajstić information content (AvgIpc) is 3.47. The Morgan fingerprint density at radius 1 is 1.06 bits per heavy atom. The third kappa shape index (κ3) is 4.81. The van der Waals surface area contributed by atoms with Gasteiger partial charge in [0.1, 0.15) is 0 Å². The molecule has 1 amide bonds. The van der Waals surface area contributed by atoms with E-state index < -0.39 is 0 Å². The van der Waals surface area contributed by atoms with Crippen molar-refractivity contribution >= 4 is 34.2 Å². The summed E-state index contributed by atoms with van der Waals surface area (Å²) in [6.07, 6.45) is 2.22. The van der Waals surface area contributed by atoms with Crippen LogP contribution in [-0.2, 0) is 11.8 Å². The molecule has 0 radical (unpaired) electrons. The highest BCUT2D eigenvalue weighted by molar-refractivity contribution is 7.06. The van der Waals surface area contributed by atoms with Crippen LogP contribution < -0.4 is 5.32 Å². The molecule has 1 N–H and O–H groups in total. The number of hydrogen-bond acceptors (Lipinski definition) is 8. The van der Waals surface area contributed by atoms with Crippen LogP contribution in [0.15, 0.2) is 59.1 Å². The zero-order chi connectivity index (χ0) is 24.6. The Kier molecular flexibility index (Phi) is 5.86. The largest absolute Gasteiger partial charge is 0.420 e. The lowest BCUT2D eigenvalue weighted by Gasteiger charge is -2.11. The molecule has 0 aliphatic carbocycles. The van der Waals surface area contributed by atoms with E-state index in [0.717, 1.165) is 27.2 Å². The van der Waals surface area contributed by atoms with Crippen LogP contribution in [0, 0.1) is 6.92 Å². The monoisotopic (exact) mass is 484 g/mol. The van der Waals surface area contributed by atoms with Crippen molar-refractivity contribution in [3.05, 3.63) is 82.4 Å². The van der Waals surface area contributed by atoms with Gasteiger partial charge in [-0.25, -0.2) is 4.98 Å². The molecule has 0 saturated heterocycles. The molecular weight excluding hydrogens is 460 g/mol. The molecule has 0 fully saturated rings. The molecule has 0 saturated carbocycles. The van der Waals surface area contributed by atoms with E-state index in [4.69, 9.17) is 4.42 Å². The number of para-hydroxylation sites is 2. The molecule has 0 unspecified atom stereocenters. The normalized spacial score (nSPS) is 11.7. The van der Waals surface area contributed by atoms with Crippen LogP contribution in [0.1, 0.15) is 53.3 Å². The Morgan fingerprint density at radius 2 is 1.86 bits per heavy atom. The molecule has 5 rings (SSSR count). The predicted molar refractivity (Wildman–Crippen MR) is 136 cm³/mol. The number of carbonyl (C=O) groups is 1. The number of anilines is 1. The van der Waals surface area contributed by atoms with Crippen LogP contribution in [0.2, 0.25) is 0 Å². The van der Waals surface area contributed by atoms with E-state index >= 15 is 0 Å². The van der Waals surface area contributed by atoms with Crippen molar-refractivity contribution in [2.75, 3.05) is 5.32 Å². The topological polar surface area (TPSA) is 107 Å². The van der Waals surface area contributed by atoms with Gasteiger partial charge in [-0.15, -0.1) is 10.2 Å². The zero-order valence-electron chi connectivity index (χ0n) is 19.9. The smallest absolute Gasteiger partial charge is 0.258 e. The summed E-state index contributed by atoms with van der Waals surface area (Å²) in [5.41, 5.74) is 4.81. The van der Waals surface area contributed by atoms with E-state index in [1.165, 1.54) is 11.5 Å². The Labute approximate surface area is 206 Å². The molecule has 2 aromatic carbocycles. The Bertz CT molecular complexity index is 1530. The fourth-order valence-corrected chi connectivity index (χ4v) is 4.52. The van der Waals surface area contributed by atoms with E-state index in [9.17, 15) is 4.79 Å². The molecule has 3 aromatic heterocycles. The molecule has 0 aliphatic heterocycles. The SMILES string of the molecule is Cc1nsc(Cc2cnc3ccccc3n2)c1C(=O)Nc1cccc(-c2nnc(C(C)(C)C)o2)c1. The van der Waals surface area contributed by atoms with E-state index in [1.54, 1.807) is 6.20 Å². The van der Waals surface area contributed by atoms with Gasteiger partial charge >= 0.3 is 0 Å². The van der Waals surface area contributed by atoms with E-state index in [-0.39, 0.29) is 11.3 Å². The molecular formula is C26H24N6O2S. The van der Waals surface area contributed by atoms with Crippen LogP contribution in [0.25, 0.3) is 22.5 Å². The van der Waals surface area contributed by atoms with Gasteiger partial charge in [0, 0.05) is 34.2 Å². The van der Waals surface area contributed by atoms with Crippen molar-refractivity contribution in [1.82, 2.24) is 24.5 Å². The minimum Gasteiger partial charge on any atom is -0.420 e. The standard InChI is InChI=1S/C26H24N6O2S/c1-15-22(21(35-32-15)13-18-14-27-19-10-5-6-11-20(19)28-18)23(33)29-17-9-7-8-16(12-17)24-30-31-25(34-24)26(2,3)4/h5-12,14H,13H2,1-4H3,(H,29,33). The number of nitrogens with one attached hydrogen (secondary N) is 1. The molecule has 9 heteroatoms. The lowest BCUT2D eigenvalue weighted by atomic mass is 9.97. The van der Waals surface area contributed by atoms with Gasteiger partial charge in [0.05, 0.1) is 28.0 Å². The molecule has 5 aromatic rings. The van der Waals surface area contributed by atoms with Gasteiger partial charge in [0.2, 0.25) is 11.8 Å². The maximum atomic E-state index is 13.3. The van der Waals surface area contributed by atoms with Crippen molar-refractivity contribution in [3.63, 3.8) is 0 Å². The number of nitrogens with zero attached hydrogens (tertiary/aromatic N) is 5. The summed E-state index contributed by atoms with van der Waals surface area (Å²) in [6.45, 7) is 7.88. The maximum absolute atomic E-state index is 13.3. The highest BCUT2D eigenvalue weighted by Gasteiger charge is 2.23. The number of hydrogen-bond donors (Lipinski definition) is 1. The quantitative estimate of drug-likeness (QED) is 0.347. The first-order valence-corrected chi connectivity index (χ1v) is 12.0. The summed E-state index contributed by atoms with van der Waals surface area (Å²) in [5, 5.41) is 11.3. The number of rotatable bonds is 5. The van der Waals surface area contributed by atoms with Crippen LogP contribution in [0.3, 0.4) is 0 Å². The van der Waals surface area contributed by atoms with E-state index in [2.05, 4.69) is 29.9 Å². The van der Waals surface area contributed by atoms with Crippen molar-refractivity contribution in [3.8, 4) is 11.5 Å². The number of aromatic nitrogens is 5. The first kappa shape index (κ1) is 22.8. The van der Waals surface area contributed by atoms with Crippen molar-refractivity contribution in [1.29, 1.82) is 0 Å². The number of carbonyl (C=O) groups excluding carboxylic acids is 1. The van der Waals surface area contributed by atoms with Crippen LogP contribution in [0.5, 0.6) is 0 Å². The second kappa shape index (κ2) is 8.99. The zero-order valence-corrected chi connectivity index (χ0v) is 20.7. The van der Waals surface area contributed by atoms with Crippen molar-refractivity contribution in [2.24, 2.45) is 0 Å². The van der Waals surface area contributed by atoms with Gasteiger partial charge in [-0.2, -0.15) is 4.37 Å². The third-order valence-corrected chi connectivity index (χ3v) is 6.37. The van der Waals surface area contributed by atoms with Crippen molar-refractivity contribution in [2.45, 2.75) is 39.5 Å². The van der Waals surface area contributed by atoms with Crippen LogP contribution in [-0.4, -0.2) is 30.4 Å². The van der Waals surface area contributed by atoms with Crippen molar-refractivity contribution < 1.29 is 9.21 Å². The summed E-state index contributed by atoms with van der Waals surface area (Å²) in [6, 6.07) is 15.1. The number of benzene rings is 2. The summed E-state index contributed by atoms with van der Waals surface area (Å²) in [7, 11) is 0. The maximum Gasteiger partial charge on any atom is 0.258 e. The summed E-state index contributed by atoms with van der Waals surface area (Å²) in [5.74, 6) is 0.747. The van der Waals surface area contributed by atoms with Gasteiger partial charge in [-0.05, 0) is 48.8 Å². The first-order chi connectivity index (χ1) is 16.8. The second-order valence-electron chi connectivity index (χ2n) is 9.29. The molecule has 0 atom stereocenters. The van der Waals surface area contributed by atoms with Gasteiger partial charge in [-0.3, -0.25) is 9.78 Å². The fraction of sp³-hybridized carbons (Fsp3) is 0.231. The molecule has 0 spiro atoms. The highest BCUT2D eigenvalue weighted by Crippen LogP contribution is 2.28. The lowest BCUT2D eigenvalue weighted by Crippen LogP contribution is -2.14. The lowest BCUT2D eigenvalue weighted by molar-refractivity contribution is 0.102. The summed E-state index contributed by atoms with van der Waals surface area (Å²) < 4.78 is 10.3. The predicted octanol–water partition coefficient (Wildman–Crippen LogP) is 5.59.